The van der Waals surface area contributed by atoms with E-state index in [0.717, 1.165) is 22.8 Å². The van der Waals surface area contributed by atoms with Crippen LogP contribution in [0.2, 0.25) is 0 Å². The standard InChI is InChI=1S/C17H17F3N4O4/c18-17(19,20)10-2-1-3-11(16(10)27)24-14(8-12(21)25)22-13(9-15(24)26)23-4-6-28-7-5-23/h1-3,9,27H,4-8H2,(H2,21,25). The average Bonchev–Trinajstić information content (AvgIpc) is 2.61. The smallest absolute Gasteiger partial charge is 0.420 e. The maximum Gasteiger partial charge on any atom is 0.420 e. The summed E-state index contributed by atoms with van der Waals surface area (Å²) in [4.78, 5) is 30.2. The molecule has 1 aliphatic heterocycles. The lowest BCUT2D eigenvalue weighted by atomic mass is 10.1. The maximum absolute atomic E-state index is 13.1. The fourth-order valence-corrected chi connectivity index (χ4v) is 2.94. The van der Waals surface area contributed by atoms with Crippen LogP contribution in [-0.4, -0.2) is 46.9 Å². The molecule has 28 heavy (non-hydrogen) atoms. The lowest BCUT2D eigenvalue weighted by molar-refractivity contribution is -0.138. The topological polar surface area (TPSA) is 111 Å². The lowest BCUT2D eigenvalue weighted by Gasteiger charge is -2.28. The number of carbonyl (C=O) groups is 1. The van der Waals surface area contributed by atoms with E-state index in [-0.39, 0.29) is 11.6 Å². The molecule has 0 saturated carbocycles. The summed E-state index contributed by atoms with van der Waals surface area (Å²) in [6, 6.07) is 4.00. The number of nitrogens with two attached hydrogens (primary N) is 1. The maximum atomic E-state index is 13.1. The largest absolute Gasteiger partial charge is 0.505 e. The molecule has 0 spiro atoms. The number of ether oxygens (including phenoxy) is 1. The Labute approximate surface area is 157 Å². The van der Waals surface area contributed by atoms with Crippen molar-refractivity contribution < 1.29 is 27.8 Å². The number of hydrogen-bond acceptors (Lipinski definition) is 6. The van der Waals surface area contributed by atoms with Gasteiger partial charge in [-0.1, -0.05) is 6.07 Å². The van der Waals surface area contributed by atoms with Gasteiger partial charge in [-0.3, -0.25) is 14.2 Å². The molecular weight excluding hydrogens is 381 g/mol. The second-order valence-electron chi connectivity index (χ2n) is 6.12. The summed E-state index contributed by atoms with van der Waals surface area (Å²) < 4.78 is 45.3. The second-order valence-corrected chi connectivity index (χ2v) is 6.12. The number of rotatable bonds is 4. The van der Waals surface area contributed by atoms with E-state index in [1.165, 1.54) is 0 Å². The SMILES string of the molecule is NC(=O)Cc1nc(N2CCOCC2)cc(=O)n1-c1cccc(C(F)(F)F)c1O. The number of primary amides is 1. The molecule has 1 amide bonds. The molecule has 8 nitrogen and oxygen atoms in total. The van der Waals surface area contributed by atoms with Gasteiger partial charge in [-0.2, -0.15) is 13.2 Å². The minimum atomic E-state index is -4.82. The molecule has 0 unspecified atom stereocenters. The quantitative estimate of drug-likeness (QED) is 0.789. The van der Waals surface area contributed by atoms with Crippen LogP contribution in [0.15, 0.2) is 29.1 Å². The van der Waals surface area contributed by atoms with E-state index in [4.69, 9.17) is 10.5 Å². The van der Waals surface area contributed by atoms with Crippen LogP contribution in [0.5, 0.6) is 5.75 Å². The molecule has 1 aromatic heterocycles. The number of nitrogens with zero attached hydrogens (tertiary/aromatic N) is 3. The number of alkyl halides is 3. The van der Waals surface area contributed by atoms with Crippen LogP contribution in [0, 0.1) is 0 Å². The van der Waals surface area contributed by atoms with Gasteiger partial charge in [0, 0.05) is 19.2 Å². The van der Waals surface area contributed by atoms with Gasteiger partial charge in [0.2, 0.25) is 5.91 Å². The number of amides is 1. The van der Waals surface area contributed by atoms with Crippen LogP contribution in [0.4, 0.5) is 19.0 Å². The van der Waals surface area contributed by atoms with E-state index in [1.807, 2.05) is 0 Å². The fraction of sp³-hybridized carbons (Fsp3) is 0.353. The number of phenols is 1. The molecule has 3 N–H and O–H groups in total. The Morgan fingerprint density at radius 1 is 1.29 bits per heavy atom. The van der Waals surface area contributed by atoms with Crippen molar-refractivity contribution >= 4 is 11.7 Å². The van der Waals surface area contributed by atoms with Crippen LogP contribution in [0.1, 0.15) is 11.4 Å². The van der Waals surface area contributed by atoms with Crippen LogP contribution in [0.3, 0.4) is 0 Å². The van der Waals surface area contributed by atoms with Crippen molar-refractivity contribution in [2.24, 2.45) is 5.73 Å². The van der Waals surface area contributed by atoms with E-state index in [2.05, 4.69) is 4.98 Å². The minimum absolute atomic E-state index is 0.170. The van der Waals surface area contributed by atoms with Gasteiger partial charge in [0.05, 0.1) is 30.9 Å². The molecule has 0 aliphatic carbocycles. The first kappa shape index (κ1) is 19.7. The summed E-state index contributed by atoms with van der Waals surface area (Å²) >= 11 is 0. The third kappa shape index (κ3) is 3.93. The highest BCUT2D eigenvalue weighted by molar-refractivity contribution is 5.76. The Morgan fingerprint density at radius 3 is 2.57 bits per heavy atom. The van der Waals surface area contributed by atoms with Crippen molar-refractivity contribution in [3.05, 3.63) is 46.0 Å². The van der Waals surface area contributed by atoms with Crippen molar-refractivity contribution in [3.8, 4) is 11.4 Å². The zero-order valence-electron chi connectivity index (χ0n) is 14.6. The van der Waals surface area contributed by atoms with Crippen LogP contribution < -0.4 is 16.2 Å². The molecule has 1 saturated heterocycles. The van der Waals surface area contributed by atoms with Crippen LogP contribution in [0.25, 0.3) is 5.69 Å². The third-order valence-corrected chi connectivity index (χ3v) is 4.20. The number of halogens is 3. The highest BCUT2D eigenvalue weighted by atomic mass is 19.4. The first-order valence-electron chi connectivity index (χ1n) is 8.32. The first-order chi connectivity index (χ1) is 13.2. The van der Waals surface area contributed by atoms with Crippen LogP contribution in [-0.2, 0) is 22.1 Å². The minimum Gasteiger partial charge on any atom is -0.505 e. The number of benzene rings is 1. The van der Waals surface area contributed by atoms with Gasteiger partial charge in [0.25, 0.3) is 5.56 Å². The summed E-state index contributed by atoms with van der Waals surface area (Å²) in [5, 5.41) is 10.1. The predicted octanol–water partition coefficient (Wildman–Crippen LogP) is 0.821. The number of hydrogen-bond donors (Lipinski definition) is 2. The number of para-hydroxylation sites is 1. The van der Waals surface area contributed by atoms with Gasteiger partial charge in [-0.25, -0.2) is 4.98 Å². The van der Waals surface area contributed by atoms with Gasteiger partial charge in [0.15, 0.2) is 5.75 Å². The van der Waals surface area contributed by atoms with E-state index in [1.54, 1.807) is 4.90 Å². The molecule has 11 heteroatoms. The number of anilines is 1. The number of morpholine rings is 1. The van der Waals surface area contributed by atoms with E-state index in [0.29, 0.717) is 32.4 Å². The molecule has 0 bridgehead atoms. The zero-order chi connectivity index (χ0) is 20.5. The molecule has 0 atom stereocenters. The first-order valence-corrected chi connectivity index (χ1v) is 8.32. The molecule has 1 aromatic carbocycles. The number of phenolic OH excluding ortho intramolecular Hbond substituents is 1. The van der Waals surface area contributed by atoms with Gasteiger partial charge in [0.1, 0.15) is 11.6 Å². The van der Waals surface area contributed by atoms with Crippen LogP contribution >= 0.6 is 0 Å². The number of carbonyl (C=O) groups excluding carboxylic acids is 1. The predicted molar refractivity (Wildman–Crippen MR) is 92.4 cm³/mol. The molecule has 1 aliphatic rings. The Kier molecular flexibility index (Phi) is 5.27. The Hall–Kier alpha value is -3.08. The zero-order valence-corrected chi connectivity index (χ0v) is 14.6. The highest BCUT2D eigenvalue weighted by Crippen LogP contribution is 2.38. The average molecular weight is 398 g/mol. The molecule has 0 radical (unpaired) electrons. The van der Waals surface area contributed by atoms with Crippen molar-refractivity contribution in [3.63, 3.8) is 0 Å². The van der Waals surface area contributed by atoms with Crippen molar-refractivity contribution in [1.82, 2.24) is 9.55 Å². The van der Waals surface area contributed by atoms with Crippen molar-refractivity contribution in [2.75, 3.05) is 31.2 Å². The Bertz CT molecular complexity index is 952. The summed E-state index contributed by atoms with van der Waals surface area (Å²) in [5.41, 5.74) is 2.73. The summed E-state index contributed by atoms with van der Waals surface area (Å²) in [6.45, 7) is 1.76. The summed E-state index contributed by atoms with van der Waals surface area (Å²) in [5.74, 6) is -1.88. The third-order valence-electron chi connectivity index (χ3n) is 4.20. The molecule has 2 aromatic rings. The van der Waals surface area contributed by atoms with Gasteiger partial charge in [-0.05, 0) is 12.1 Å². The second kappa shape index (κ2) is 7.50. The number of aromatic hydroxyl groups is 1. The monoisotopic (exact) mass is 398 g/mol. The molecular formula is C17H17F3N4O4. The van der Waals surface area contributed by atoms with E-state index < -0.39 is 41.1 Å². The lowest BCUT2D eigenvalue weighted by Crippen LogP contribution is -2.38. The fourth-order valence-electron chi connectivity index (χ4n) is 2.94. The van der Waals surface area contributed by atoms with E-state index in [9.17, 15) is 27.9 Å². The summed E-state index contributed by atoms with van der Waals surface area (Å²) in [7, 11) is 0. The molecule has 3 rings (SSSR count). The van der Waals surface area contributed by atoms with Crippen molar-refractivity contribution in [2.45, 2.75) is 12.6 Å². The number of aromatic nitrogens is 2. The Balaban J connectivity index is 2.18. The normalized spacial score (nSPS) is 14.9. The van der Waals surface area contributed by atoms with Gasteiger partial charge >= 0.3 is 6.18 Å². The van der Waals surface area contributed by atoms with E-state index >= 15 is 0 Å². The molecule has 2 heterocycles. The summed E-state index contributed by atoms with van der Waals surface area (Å²) in [6.07, 6.45) is -5.32. The highest BCUT2D eigenvalue weighted by Gasteiger charge is 2.35. The van der Waals surface area contributed by atoms with Gasteiger partial charge < -0.3 is 20.5 Å². The molecule has 150 valence electrons. The molecule has 1 fully saturated rings. The van der Waals surface area contributed by atoms with Gasteiger partial charge in [-0.15, -0.1) is 0 Å². The van der Waals surface area contributed by atoms with Crippen molar-refractivity contribution in [1.29, 1.82) is 0 Å². The Morgan fingerprint density at radius 2 is 1.96 bits per heavy atom.